The van der Waals surface area contributed by atoms with Crippen LogP contribution < -0.4 is 21.1 Å². The molecule has 184 valence electrons. The van der Waals surface area contributed by atoms with E-state index in [0.717, 1.165) is 12.2 Å². The van der Waals surface area contributed by atoms with Crippen molar-refractivity contribution >= 4 is 45.0 Å². The van der Waals surface area contributed by atoms with Gasteiger partial charge in [-0.15, -0.1) is 11.3 Å². The van der Waals surface area contributed by atoms with Gasteiger partial charge >= 0.3 is 0 Å². The van der Waals surface area contributed by atoms with Crippen LogP contribution in [0, 0.1) is 18.6 Å². The van der Waals surface area contributed by atoms with Gasteiger partial charge in [0.1, 0.15) is 33.9 Å². The molecule has 2 unspecified atom stereocenters. The molecule has 0 radical (unpaired) electrons. The second kappa shape index (κ2) is 9.48. The highest BCUT2D eigenvalue weighted by Crippen LogP contribution is 2.36. The molecule has 2 aromatic heterocycles. The van der Waals surface area contributed by atoms with Crippen LogP contribution in [0.2, 0.25) is 0 Å². The average Bonchev–Trinajstić information content (AvgIpc) is 3.16. The number of carbonyl (C=O) groups is 1. The van der Waals surface area contributed by atoms with Crippen molar-refractivity contribution in [2.75, 3.05) is 25.4 Å². The Balaban J connectivity index is 1.31. The lowest BCUT2D eigenvalue weighted by Gasteiger charge is -2.27. The summed E-state index contributed by atoms with van der Waals surface area (Å²) in [6.45, 7) is 5.15. The maximum atomic E-state index is 14.9. The van der Waals surface area contributed by atoms with Gasteiger partial charge in [-0.1, -0.05) is 0 Å². The molecule has 0 spiro atoms. The molecule has 1 fully saturated rings. The number of hydrogen-bond donors (Lipinski definition) is 3. The summed E-state index contributed by atoms with van der Waals surface area (Å²) in [7, 11) is 0. The third-order valence-corrected chi connectivity index (χ3v) is 7.09. The van der Waals surface area contributed by atoms with Gasteiger partial charge in [-0.2, -0.15) is 0 Å². The van der Waals surface area contributed by atoms with Crippen LogP contribution in [0.15, 0.2) is 23.2 Å². The number of aromatic nitrogens is 1. The minimum atomic E-state index is -1.07. The Morgan fingerprint density at radius 2 is 2.17 bits per heavy atom. The van der Waals surface area contributed by atoms with Crippen molar-refractivity contribution in [3.63, 3.8) is 0 Å². The Morgan fingerprint density at radius 3 is 2.97 bits per heavy atom. The lowest BCUT2D eigenvalue weighted by molar-refractivity contribution is 0.0112. The number of halogens is 2. The Hall–Kier alpha value is -3.15. The molecule has 2 aliphatic rings. The van der Waals surface area contributed by atoms with E-state index in [1.807, 2.05) is 26.0 Å². The predicted molar refractivity (Wildman–Crippen MR) is 131 cm³/mol. The number of carbonyl (C=O) groups excluding carboxylic acids is 1. The molecule has 0 aliphatic carbocycles. The standard InChI is InChI=1S/C24H25F2N5O3S/c1-11-3-4-15-21(27)22(35-24(15)30-11)23(32)31-13-5-16-18(33-10-13)6-17(20(26)19(16)25)29-9-14-8-28-7-12(2)34-14/h3-4,6,9,12-14,28H,5,7-8,10,27H2,1-2H3,(H,31,32)/b29-9+/t12?,13-,14?/m1/s1. The fourth-order valence-corrected chi connectivity index (χ4v) is 5.26. The van der Waals surface area contributed by atoms with Crippen molar-refractivity contribution < 1.29 is 23.0 Å². The highest BCUT2D eigenvalue weighted by molar-refractivity contribution is 7.21. The number of pyridine rings is 1. The molecule has 4 heterocycles. The normalized spacial score (nSPS) is 22.2. The molecule has 1 amide bonds. The van der Waals surface area contributed by atoms with E-state index in [9.17, 15) is 13.6 Å². The number of aliphatic imine (C=N–C) groups is 1. The molecular weight excluding hydrogens is 476 g/mol. The molecule has 1 aromatic carbocycles. The zero-order valence-electron chi connectivity index (χ0n) is 19.2. The summed E-state index contributed by atoms with van der Waals surface area (Å²) in [5.74, 6) is -2.30. The molecule has 8 nitrogen and oxygen atoms in total. The van der Waals surface area contributed by atoms with E-state index in [2.05, 4.69) is 20.6 Å². The van der Waals surface area contributed by atoms with E-state index in [0.29, 0.717) is 27.3 Å². The number of morpholine rings is 1. The number of aryl methyl sites for hydroxylation is 1. The van der Waals surface area contributed by atoms with E-state index >= 15 is 0 Å². The second-order valence-corrected chi connectivity index (χ2v) is 9.76. The number of benzene rings is 1. The summed E-state index contributed by atoms with van der Waals surface area (Å²) in [5.41, 5.74) is 7.23. The van der Waals surface area contributed by atoms with Gasteiger partial charge in [0.25, 0.3) is 5.91 Å². The first-order chi connectivity index (χ1) is 16.8. The molecule has 11 heteroatoms. The molecule has 3 atom stereocenters. The van der Waals surface area contributed by atoms with Gasteiger partial charge in [0, 0.05) is 48.4 Å². The molecule has 1 saturated heterocycles. The van der Waals surface area contributed by atoms with Crippen molar-refractivity contribution in [3.05, 3.63) is 46.0 Å². The first-order valence-electron chi connectivity index (χ1n) is 11.3. The monoisotopic (exact) mass is 501 g/mol. The van der Waals surface area contributed by atoms with E-state index < -0.39 is 23.6 Å². The van der Waals surface area contributed by atoms with Crippen molar-refractivity contribution in [2.24, 2.45) is 4.99 Å². The third kappa shape index (κ3) is 4.71. The number of nitrogen functional groups attached to an aromatic ring is 1. The highest BCUT2D eigenvalue weighted by atomic mass is 32.1. The summed E-state index contributed by atoms with van der Waals surface area (Å²) < 4.78 is 41.1. The van der Waals surface area contributed by atoms with E-state index in [1.165, 1.54) is 23.6 Å². The van der Waals surface area contributed by atoms with E-state index in [-0.39, 0.29) is 42.2 Å². The van der Waals surface area contributed by atoms with Gasteiger partial charge in [-0.25, -0.2) is 13.8 Å². The number of rotatable bonds is 4. The molecular formula is C24H25F2N5O3S. The van der Waals surface area contributed by atoms with Gasteiger partial charge in [0.2, 0.25) is 0 Å². The fourth-order valence-electron chi connectivity index (χ4n) is 4.21. The van der Waals surface area contributed by atoms with Crippen LogP contribution in [0.25, 0.3) is 10.2 Å². The zero-order chi connectivity index (χ0) is 24.7. The van der Waals surface area contributed by atoms with E-state index in [4.69, 9.17) is 15.2 Å². The summed E-state index contributed by atoms with van der Waals surface area (Å²) in [5, 5.41) is 6.72. The Labute approximate surface area is 204 Å². The van der Waals surface area contributed by atoms with Crippen molar-refractivity contribution in [3.8, 4) is 5.75 Å². The van der Waals surface area contributed by atoms with Crippen LogP contribution in [0.3, 0.4) is 0 Å². The number of fused-ring (bicyclic) bond motifs is 2. The minimum absolute atomic E-state index is 0.00378. The Bertz CT molecular complexity index is 1330. The molecule has 2 aliphatic heterocycles. The molecule has 4 N–H and O–H groups in total. The van der Waals surface area contributed by atoms with Crippen molar-refractivity contribution in [1.82, 2.24) is 15.6 Å². The van der Waals surface area contributed by atoms with Crippen molar-refractivity contribution in [2.45, 2.75) is 38.5 Å². The molecule has 3 aromatic rings. The number of nitrogens with one attached hydrogen (secondary N) is 2. The molecule has 35 heavy (non-hydrogen) atoms. The number of hydrogen-bond acceptors (Lipinski definition) is 8. The Morgan fingerprint density at radius 1 is 1.34 bits per heavy atom. The van der Waals surface area contributed by atoms with Crippen LogP contribution in [0.4, 0.5) is 20.2 Å². The topological polar surface area (TPSA) is 111 Å². The minimum Gasteiger partial charge on any atom is -0.491 e. The average molecular weight is 502 g/mol. The fraction of sp³-hybridized carbons (Fsp3) is 0.375. The van der Waals surface area contributed by atoms with Gasteiger partial charge in [-0.3, -0.25) is 9.79 Å². The predicted octanol–water partition coefficient (Wildman–Crippen LogP) is 3.28. The van der Waals surface area contributed by atoms with Crippen LogP contribution in [0.5, 0.6) is 5.75 Å². The zero-order valence-corrected chi connectivity index (χ0v) is 20.0. The van der Waals surface area contributed by atoms with E-state index in [1.54, 1.807) is 0 Å². The quantitative estimate of drug-likeness (QED) is 0.474. The lowest BCUT2D eigenvalue weighted by atomic mass is 10.0. The van der Waals surface area contributed by atoms with Crippen LogP contribution in [-0.2, 0) is 11.2 Å². The molecule has 5 rings (SSSR count). The SMILES string of the molecule is Cc1ccc2c(N)c(C(=O)N[C@H]3COc4cc(/N=C/C5CNCC(C)O5)c(F)c(F)c4C3)sc2n1. The largest absolute Gasteiger partial charge is 0.491 e. The number of amides is 1. The molecule has 0 bridgehead atoms. The highest BCUT2D eigenvalue weighted by Gasteiger charge is 2.29. The lowest BCUT2D eigenvalue weighted by Crippen LogP contribution is -2.44. The van der Waals surface area contributed by atoms with Crippen LogP contribution in [-0.4, -0.2) is 55.1 Å². The number of thiophene rings is 1. The van der Waals surface area contributed by atoms with Gasteiger partial charge in [0.05, 0.1) is 17.8 Å². The maximum Gasteiger partial charge on any atom is 0.263 e. The Kier molecular flexibility index (Phi) is 6.39. The molecule has 0 saturated carbocycles. The van der Waals surface area contributed by atoms with Crippen molar-refractivity contribution in [1.29, 1.82) is 0 Å². The second-order valence-electron chi connectivity index (χ2n) is 8.76. The maximum absolute atomic E-state index is 14.9. The summed E-state index contributed by atoms with van der Waals surface area (Å²) in [4.78, 5) is 22.4. The summed E-state index contributed by atoms with van der Waals surface area (Å²) in [6, 6.07) is 4.48. The summed E-state index contributed by atoms with van der Waals surface area (Å²) >= 11 is 1.19. The van der Waals surface area contributed by atoms with Gasteiger partial charge < -0.3 is 25.8 Å². The third-order valence-electron chi connectivity index (χ3n) is 5.98. The number of ether oxygens (including phenoxy) is 2. The first kappa shape index (κ1) is 23.6. The van der Waals surface area contributed by atoms with Crippen LogP contribution in [0.1, 0.15) is 27.9 Å². The van der Waals surface area contributed by atoms with Crippen LogP contribution >= 0.6 is 11.3 Å². The van der Waals surface area contributed by atoms with Gasteiger partial charge in [-0.05, 0) is 26.0 Å². The number of nitrogens with zero attached hydrogens (tertiary/aromatic N) is 2. The first-order valence-corrected chi connectivity index (χ1v) is 12.1. The summed E-state index contributed by atoms with van der Waals surface area (Å²) in [6.07, 6.45) is 1.20. The van der Waals surface area contributed by atoms with Gasteiger partial charge in [0.15, 0.2) is 11.6 Å². The number of anilines is 1. The number of nitrogens with two attached hydrogens (primary N) is 1. The smallest absolute Gasteiger partial charge is 0.263 e.